The molecule has 1 aliphatic heterocycles. The molecule has 0 atom stereocenters. The van der Waals surface area contributed by atoms with Crippen molar-refractivity contribution in [1.29, 1.82) is 0 Å². The predicted octanol–water partition coefficient (Wildman–Crippen LogP) is 2.30. The van der Waals surface area contributed by atoms with E-state index in [0.29, 0.717) is 0 Å². The first-order chi connectivity index (χ1) is 8.28. The summed E-state index contributed by atoms with van der Waals surface area (Å²) in [6, 6.07) is 5.69. The zero-order valence-electron chi connectivity index (χ0n) is 9.36. The van der Waals surface area contributed by atoms with Crippen LogP contribution in [-0.2, 0) is 0 Å². The number of pyridine rings is 1. The van der Waals surface area contributed by atoms with Crippen molar-refractivity contribution in [3.8, 4) is 11.5 Å². The fourth-order valence-electron chi connectivity index (χ4n) is 1.93. The van der Waals surface area contributed by atoms with Crippen molar-refractivity contribution in [2.45, 2.75) is 6.92 Å². The Bertz CT molecular complexity index is 610. The summed E-state index contributed by atoms with van der Waals surface area (Å²) in [5.74, 6) is 1.46. The SMILES string of the molecule is C=NNc1cc(C)nc2cc3c(cc12)OCO3. The largest absolute Gasteiger partial charge is 0.454 e. The van der Waals surface area contributed by atoms with Gasteiger partial charge in [0.2, 0.25) is 6.79 Å². The molecule has 2 aromatic rings. The first kappa shape index (κ1) is 9.89. The third-order valence-electron chi connectivity index (χ3n) is 2.63. The number of aromatic nitrogens is 1. The van der Waals surface area contributed by atoms with Crippen molar-refractivity contribution >= 4 is 23.3 Å². The van der Waals surface area contributed by atoms with Gasteiger partial charge in [0.1, 0.15) is 0 Å². The molecule has 0 fully saturated rings. The molecule has 17 heavy (non-hydrogen) atoms. The fourth-order valence-corrected chi connectivity index (χ4v) is 1.93. The van der Waals surface area contributed by atoms with Gasteiger partial charge in [-0.25, -0.2) is 0 Å². The Morgan fingerprint density at radius 2 is 2.06 bits per heavy atom. The van der Waals surface area contributed by atoms with E-state index < -0.39 is 0 Å². The van der Waals surface area contributed by atoms with Crippen molar-refractivity contribution in [1.82, 2.24) is 4.98 Å². The molecule has 0 saturated carbocycles. The van der Waals surface area contributed by atoms with Gasteiger partial charge >= 0.3 is 0 Å². The Morgan fingerprint density at radius 3 is 2.82 bits per heavy atom. The van der Waals surface area contributed by atoms with Crippen molar-refractivity contribution in [3.63, 3.8) is 0 Å². The summed E-state index contributed by atoms with van der Waals surface area (Å²) >= 11 is 0. The molecular formula is C12H11N3O2. The van der Waals surface area contributed by atoms with Gasteiger partial charge in [-0.2, -0.15) is 5.10 Å². The first-order valence-corrected chi connectivity index (χ1v) is 5.20. The van der Waals surface area contributed by atoms with E-state index in [2.05, 4.69) is 22.2 Å². The minimum Gasteiger partial charge on any atom is -0.454 e. The maximum Gasteiger partial charge on any atom is 0.231 e. The van der Waals surface area contributed by atoms with Crippen LogP contribution in [0.3, 0.4) is 0 Å². The molecular weight excluding hydrogens is 218 g/mol. The number of rotatable bonds is 2. The van der Waals surface area contributed by atoms with Crippen LogP contribution in [-0.4, -0.2) is 18.5 Å². The quantitative estimate of drug-likeness (QED) is 0.634. The lowest BCUT2D eigenvalue weighted by atomic mass is 10.1. The van der Waals surface area contributed by atoms with E-state index >= 15 is 0 Å². The summed E-state index contributed by atoms with van der Waals surface area (Å²) in [7, 11) is 0. The normalized spacial score (nSPS) is 12.8. The Morgan fingerprint density at radius 1 is 1.29 bits per heavy atom. The van der Waals surface area contributed by atoms with Crippen molar-refractivity contribution < 1.29 is 9.47 Å². The molecule has 86 valence electrons. The summed E-state index contributed by atoms with van der Waals surface area (Å²) in [4.78, 5) is 4.46. The van der Waals surface area contributed by atoms with E-state index in [-0.39, 0.29) is 6.79 Å². The summed E-state index contributed by atoms with van der Waals surface area (Å²) < 4.78 is 10.7. The van der Waals surface area contributed by atoms with Crippen molar-refractivity contribution in [2.75, 3.05) is 12.2 Å². The van der Waals surface area contributed by atoms with Gasteiger partial charge in [0.25, 0.3) is 0 Å². The van der Waals surface area contributed by atoms with Gasteiger partial charge in [-0.05, 0) is 19.1 Å². The summed E-state index contributed by atoms with van der Waals surface area (Å²) in [5.41, 5.74) is 5.47. The molecule has 0 amide bonds. The lowest BCUT2D eigenvalue weighted by Crippen LogP contribution is -1.93. The summed E-state index contributed by atoms with van der Waals surface area (Å²) in [6.07, 6.45) is 0. The van der Waals surface area contributed by atoms with Crippen molar-refractivity contribution in [2.24, 2.45) is 5.10 Å². The molecule has 0 saturated heterocycles. The molecule has 1 aromatic heterocycles. The topological polar surface area (TPSA) is 55.7 Å². The van der Waals surface area contributed by atoms with Gasteiger partial charge in [0, 0.05) is 23.9 Å². The summed E-state index contributed by atoms with van der Waals surface area (Å²) in [5, 5.41) is 4.63. The zero-order chi connectivity index (χ0) is 11.8. The van der Waals surface area contributed by atoms with Crippen LogP contribution in [0.2, 0.25) is 0 Å². The maximum atomic E-state index is 5.35. The minimum absolute atomic E-state index is 0.257. The molecule has 2 heterocycles. The third kappa shape index (κ3) is 1.56. The lowest BCUT2D eigenvalue weighted by Gasteiger charge is -2.07. The third-order valence-corrected chi connectivity index (χ3v) is 2.63. The number of aryl methyl sites for hydroxylation is 1. The molecule has 0 bridgehead atoms. The highest BCUT2D eigenvalue weighted by Crippen LogP contribution is 2.37. The fraction of sp³-hybridized carbons (Fsp3) is 0.167. The predicted molar refractivity (Wildman–Crippen MR) is 65.8 cm³/mol. The molecule has 5 nitrogen and oxygen atoms in total. The summed E-state index contributed by atoms with van der Waals surface area (Å²) in [6.45, 7) is 5.61. The average Bonchev–Trinajstić information content (AvgIpc) is 2.73. The number of anilines is 1. The second-order valence-corrected chi connectivity index (χ2v) is 3.80. The molecule has 0 spiro atoms. The van der Waals surface area contributed by atoms with Crippen LogP contribution in [0, 0.1) is 6.92 Å². The van der Waals surface area contributed by atoms with E-state index in [0.717, 1.165) is 33.8 Å². The highest BCUT2D eigenvalue weighted by atomic mass is 16.7. The van der Waals surface area contributed by atoms with E-state index in [1.165, 1.54) is 0 Å². The maximum absolute atomic E-state index is 5.35. The second kappa shape index (κ2) is 3.62. The van der Waals surface area contributed by atoms with E-state index in [1.807, 2.05) is 25.1 Å². The van der Waals surface area contributed by atoms with Crippen LogP contribution in [0.1, 0.15) is 5.69 Å². The highest BCUT2D eigenvalue weighted by molar-refractivity contribution is 5.94. The van der Waals surface area contributed by atoms with E-state index in [1.54, 1.807) is 0 Å². The monoisotopic (exact) mass is 229 g/mol. The van der Waals surface area contributed by atoms with E-state index in [9.17, 15) is 0 Å². The van der Waals surface area contributed by atoms with Gasteiger partial charge < -0.3 is 9.47 Å². The number of hydrogen-bond acceptors (Lipinski definition) is 5. The number of ether oxygens (including phenoxy) is 2. The average molecular weight is 229 g/mol. The molecule has 0 radical (unpaired) electrons. The minimum atomic E-state index is 0.257. The highest BCUT2D eigenvalue weighted by Gasteiger charge is 2.16. The number of nitrogens with zero attached hydrogens (tertiary/aromatic N) is 2. The Labute approximate surface area is 98.1 Å². The number of fused-ring (bicyclic) bond motifs is 2. The first-order valence-electron chi connectivity index (χ1n) is 5.20. The van der Waals surface area contributed by atoms with Gasteiger partial charge in [-0.3, -0.25) is 10.4 Å². The number of hydrazone groups is 1. The van der Waals surface area contributed by atoms with Crippen LogP contribution < -0.4 is 14.9 Å². The smallest absolute Gasteiger partial charge is 0.231 e. The van der Waals surface area contributed by atoms with Crippen LogP contribution in [0.5, 0.6) is 11.5 Å². The number of nitrogens with one attached hydrogen (secondary N) is 1. The van der Waals surface area contributed by atoms with Gasteiger partial charge in [0.15, 0.2) is 11.5 Å². The van der Waals surface area contributed by atoms with Gasteiger partial charge in [-0.1, -0.05) is 0 Å². The molecule has 0 aliphatic carbocycles. The van der Waals surface area contributed by atoms with Crippen LogP contribution in [0.4, 0.5) is 5.69 Å². The van der Waals surface area contributed by atoms with Crippen LogP contribution in [0.25, 0.3) is 10.9 Å². The molecule has 1 N–H and O–H groups in total. The van der Waals surface area contributed by atoms with E-state index in [4.69, 9.17) is 9.47 Å². The Hall–Kier alpha value is -2.30. The Kier molecular flexibility index (Phi) is 2.11. The lowest BCUT2D eigenvalue weighted by molar-refractivity contribution is 0.174. The molecule has 1 aromatic carbocycles. The Balaban J connectivity index is 2.29. The number of hydrogen-bond donors (Lipinski definition) is 1. The van der Waals surface area contributed by atoms with Crippen LogP contribution in [0.15, 0.2) is 23.3 Å². The standard InChI is InChI=1S/C12H11N3O2/c1-7-3-10(15-13-2)8-4-11-12(17-6-16-11)5-9(8)14-7/h3-5H,2,6H2,1H3,(H,14,15). The molecule has 3 rings (SSSR count). The number of benzene rings is 1. The van der Waals surface area contributed by atoms with Crippen molar-refractivity contribution in [3.05, 3.63) is 23.9 Å². The second-order valence-electron chi connectivity index (χ2n) is 3.80. The molecule has 0 unspecified atom stereocenters. The zero-order valence-corrected chi connectivity index (χ0v) is 9.36. The van der Waals surface area contributed by atoms with Gasteiger partial charge in [0.05, 0.1) is 11.2 Å². The molecule has 5 heteroatoms. The molecule has 1 aliphatic rings. The van der Waals surface area contributed by atoms with Gasteiger partial charge in [-0.15, -0.1) is 0 Å². The van der Waals surface area contributed by atoms with Crippen LogP contribution >= 0.6 is 0 Å².